The summed E-state index contributed by atoms with van der Waals surface area (Å²) in [5.41, 5.74) is 1.46. The van der Waals surface area contributed by atoms with Crippen LogP contribution in [0.25, 0.3) is 0 Å². The van der Waals surface area contributed by atoms with Gasteiger partial charge in [-0.1, -0.05) is 0 Å². The van der Waals surface area contributed by atoms with Crippen LogP contribution in [-0.4, -0.2) is 35.2 Å². The highest BCUT2D eigenvalue weighted by molar-refractivity contribution is 5.90. The third kappa shape index (κ3) is 4.36. The highest BCUT2D eigenvalue weighted by Gasteiger charge is 2.33. The van der Waals surface area contributed by atoms with E-state index in [9.17, 15) is 18.0 Å². The predicted octanol–water partition coefficient (Wildman–Crippen LogP) is 2.31. The number of amides is 1. The molecule has 11 heteroatoms. The van der Waals surface area contributed by atoms with E-state index in [1.165, 1.54) is 6.20 Å². The van der Waals surface area contributed by atoms with Crippen molar-refractivity contribution in [2.75, 3.05) is 5.32 Å². The number of carbonyl (C=O) groups excluding carboxylic acids is 1. The van der Waals surface area contributed by atoms with Crippen molar-refractivity contribution >= 4 is 11.6 Å². The van der Waals surface area contributed by atoms with Gasteiger partial charge in [-0.3, -0.25) is 18.8 Å². The number of anilines is 1. The lowest BCUT2D eigenvalue weighted by atomic mass is 10.2. The average Bonchev–Trinajstić information content (AvgIpc) is 3.30. The summed E-state index contributed by atoms with van der Waals surface area (Å²) in [7, 11) is 0. The minimum atomic E-state index is -4.54. The molecule has 0 saturated carbocycles. The normalized spacial score (nSPS) is 11.7. The fourth-order valence-corrected chi connectivity index (χ4v) is 2.60. The standard InChI is InChI=1S/C16H18F3N7O/c1-3-26-11(2)12(6-21-26)8-25-9-13(7-20-25)22-15(27)10-24-5-4-14(23-24)16(17,18)19/h4-7,9H,3,8,10H2,1-2H3,(H,22,27). The van der Waals surface area contributed by atoms with Gasteiger partial charge >= 0.3 is 6.18 Å². The molecule has 0 aliphatic carbocycles. The fourth-order valence-electron chi connectivity index (χ4n) is 2.60. The first-order chi connectivity index (χ1) is 12.8. The second kappa shape index (κ2) is 7.25. The summed E-state index contributed by atoms with van der Waals surface area (Å²) >= 11 is 0. The van der Waals surface area contributed by atoms with E-state index < -0.39 is 17.8 Å². The van der Waals surface area contributed by atoms with Gasteiger partial charge in [0.25, 0.3) is 0 Å². The topological polar surface area (TPSA) is 82.6 Å². The Hall–Kier alpha value is -3.11. The molecule has 0 aliphatic rings. The number of hydrogen-bond acceptors (Lipinski definition) is 4. The number of rotatable bonds is 6. The zero-order chi connectivity index (χ0) is 19.6. The molecular formula is C16H18F3N7O. The Morgan fingerprint density at radius 1 is 1.22 bits per heavy atom. The fraction of sp³-hybridized carbons (Fsp3) is 0.375. The summed E-state index contributed by atoms with van der Waals surface area (Å²) in [6.45, 7) is 4.91. The predicted molar refractivity (Wildman–Crippen MR) is 89.8 cm³/mol. The molecule has 3 aromatic rings. The number of aromatic nitrogens is 6. The number of aryl methyl sites for hydroxylation is 1. The first kappa shape index (κ1) is 18.7. The van der Waals surface area contributed by atoms with Gasteiger partial charge in [0.1, 0.15) is 6.54 Å². The maximum absolute atomic E-state index is 12.5. The minimum absolute atomic E-state index is 0.330. The Labute approximate surface area is 152 Å². The summed E-state index contributed by atoms with van der Waals surface area (Å²) in [5, 5.41) is 14.4. The summed E-state index contributed by atoms with van der Waals surface area (Å²) in [4.78, 5) is 12.0. The van der Waals surface area contributed by atoms with Crippen LogP contribution in [0, 0.1) is 6.92 Å². The van der Waals surface area contributed by atoms with E-state index in [2.05, 4.69) is 20.6 Å². The number of nitrogens with zero attached hydrogens (tertiary/aromatic N) is 6. The number of alkyl halides is 3. The van der Waals surface area contributed by atoms with Crippen LogP contribution in [0.2, 0.25) is 0 Å². The molecule has 0 radical (unpaired) electrons. The largest absolute Gasteiger partial charge is 0.435 e. The maximum atomic E-state index is 12.5. The van der Waals surface area contributed by atoms with Crippen molar-refractivity contribution < 1.29 is 18.0 Å². The first-order valence-electron chi connectivity index (χ1n) is 8.20. The van der Waals surface area contributed by atoms with E-state index in [0.29, 0.717) is 12.2 Å². The number of carbonyl (C=O) groups is 1. The van der Waals surface area contributed by atoms with Crippen LogP contribution in [0.1, 0.15) is 23.9 Å². The third-order valence-corrected chi connectivity index (χ3v) is 3.99. The van der Waals surface area contributed by atoms with Crippen LogP contribution >= 0.6 is 0 Å². The van der Waals surface area contributed by atoms with Gasteiger partial charge in [0.05, 0.1) is 24.6 Å². The first-order valence-corrected chi connectivity index (χ1v) is 8.20. The van der Waals surface area contributed by atoms with Crippen molar-refractivity contribution in [3.05, 3.63) is 47.8 Å². The molecule has 0 aliphatic heterocycles. The van der Waals surface area contributed by atoms with Crippen molar-refractivity contribution in [3.63, 3.8) is 0 Å². The van der Waals surface area contributed by atoms with Gasteiger partial charge in [-0.25, -0.2) is 0 Å². The number of halogens is 3. The molecule has 3 aromatic heterocycles. The maximum Gasteiger partial charge on any atom is 0.435 e. The van der Waals surface area contributed by atoms with Crippen LogP contribution in [0.3, 0.4) is 0 Å². The highest BCUT2D eigenvalue weighted by Crippen LogP contribution is 2.27. The van der Waals surface area contributed by atoms with Crippen molar-refractivity contribution in [2.45, 2.75) is 39.7 Å². The van der Waals surface area contributed by atoms with E-state index >= 15 is 0 Å². The molecule has 3 heterocycles. The van der Waals surface area contributed by atoms with Crippen LogP contribution in [0.5, 0.6) is 0 Å². The molecule has 0 spiro atoms. The second-order valence-electron chi connectivity index (χ2n) is 5.94. The Bertz CT molecular complexity index is 938. The molecule has 144 valence electrons. The monoisotopic (exact) mass is 381 g/mol. The summed E-state index contributed by atoms with van der Waals surface area (Å²) in [5.74, 6) is -0.499. The number of nitrogens with one attached hydrogen (secondary N) is 1. The zero-order valence-corrected chi connectivity index (χ0v) is 14.7. The van der Waals surface area contributed by atoms with E-state index in [1.54, 1.807) is 17.1 Å². The van der Waals surface area contributed by atoms with Crippen molar-refractivity contribution in [1.82, 2.24) is 29.3 Å². The Balaban J connectivity index is 1.59. The van der Waals surface area contributed by atoms with E-state index in [4.69, 9.17) is 0 Å². The van der Waals surface area contributed by atoms with Crippen LogP contribution < -0.4 is 5.32 Å². The molecule has 0 unspecified atom stereocenters. The molecule has 8 nitrogen and oxygen atoms in total. The van der Waals surface area contributed by atoms with Gasteiger partial charge < -0.3 is 5.32 Å². The highest BCUT2D eigenvalue weighted by atomic mass is 19.4. The molecule has 0 fully saturated rings. The van der Waals surface area contributed by atoms with Gasteiger partial charge in [0.15, 0.2) is 5.69 Å². The van der Waals surface area contributed by atoms with Crippen LogP contribution in [-0.2, 0) is 30.6 Å². The van der Waals surface area contributed by atoms with E-state index in [-0.39, 0.29) is 6.54 Å². The molecule has 1 amide bonds. The molecule has 1 N–H and O–H groups in total. The number of hydrogen-bond donors (Lipinski definition) is 1. The smallest absolute Gasteiger partial charge is 0.322 e. The molecule has 3 rings (SSSR count). The van der Waals surface area contributed by atoms with Crippen LogP contribution in [0.4, 0.5) is 18.9 Å². The summed E-state index contributed by atoms with van der Waals surface area (Å²) in [6.07, 6.45) is 1.47. The summed E-state index contributed by atoms with van der Waals surface area (Å²) in [6, 6.07) is 0.824. The van der Waals surface area contributed by atoms with Crippen molar-refractivity contribution in [1.29, 1.82) is 0 Å². The van der Waals surface area contributed by atoms with Crippen LogP contribution in [0.15, 0.2) is 30.9 Å². The molecule has 0 saturated heterocycles. The quantitative estimate of drug-likeness (QED) is 0.710. The van der Waals surface area contributed by atoms with Crippen molar-refractivity contribution in [2.24, 2.45) is 0 Å². The van der Waals surface area contributed by atoms with Gasteiger partial charge in [0.2, 0.25) is 5.91 Å². The van der Waals surface area contributed by atoms with Crippen molar-refractivity contribution in [3.8, 4) is 0 Å². The zero-order valence-electron chi connectivity index (χ0n) is 14.7. The molecule has 0 atom stereocenters. The summed E-state index contributed by atoms with van der Waals surface area (Å²) < 4.78 is 42.0. The van der Waals surface area contributed by atoms with Gasteiger partial charge in [-0.15, -0.1) is 0 Å². The third-order valence-electron chi connectivity index (χ3n) is 3.99. The molecule has 27 heavy (non-hydrogen) atoms. The van der Waals surface area contributed by atoms with Gasteiger partial charge in [-0.05, 0) is 19.9 Å². The second-order valence-corrected chi connectivity index (χ2v) is 5.94. The van der Waals surface area contributed by atoms with Gasteiger partial charge in [0, 0.05) is 30.2 Å². The Morgan fingerprint density at radius 3 is 2.63 bits per heavy atom. The average molecular weight is 381 g/mol. The van der Waals surface area contributed by atoms with Gasteiger partial charge in [-0.2, -0.15) is 28.5 Å². The lowest BCUT2D eigenvalue weighted by Crippen LogP contribution is -2.19. The molecular weight excluding hydrogens is 363 g/mol. The Kier molecular flexibility index (Phi) is 5.02. The SMILES string of the molecule is CCn1ncc(Cn2cc(NC(=O)Cn3ccc(C(F)(F)F)n3)cn2)c1C. The molecule has 0 bridgehead atoms. The molecule has 0 aromatic carbocycles. The van der Waals surface area contributed by atoms with E-state index in [0.717, 1.165) is 34.7 Å². The lowest BCUT2D eigenvalue weighted by molar-refractivity contribution is -0.141. The van der Waals surface area contributed by atoms with E-state index in [1.807, 2.05) is 18.5 Å². The lowest BCUT2D eigenvalue weighted by Gasteiger charge is -2.04. The minimum Gasteiger partial charge on any atom is -0.322 e. The Morgan fingerprint density at radius 2 is 2.00 bits per heavy atom.